The van der Waals surface area contributed by atoms with E-state index in [1.807, 2.05) is 48.8 Å². The van der Waals surface area contributed by atoms with Crippen LogP contribution in [-0.4, -0.2) is 116 Å². The highest BCUT2D eigenvalue weighted by Crippen LogP contribution is 2.47. The molecule has 1 saturated heterocycles. The topological polar surface area (TPSA) is 195 Å². The minimum Gasteiger partial charge on any atom is -0.497 e. The quantitative estimate of drug-likeness (QED) is 0.239. The van der Waals surface area contributed by atoms with Crippen LogP contribution in [0.5, 0.6) is 11.6 Å². The summed E-state index contributed by atoms with van der Waals surface area (Å²) in [6.07, 6.45) is 1.81. The Morgan fingerprint density at radius 2 is 1.78 bits per heavy atom. The van der Waals surface area contributed by atoms with E-state index < -0.39 is 74.5 Å². The summed E-state index contributed by atoms with van der Waals surface area (Å²) < 4.78 is 50.3. The third-order valence-electron chi connectivity index (χ3n) is 10.3. The van der Waals surface area contributed by atoms with Gasteiger partial charge in [0.1, 0.15) is 35.1 Å². The molecule has 3 N–H and O–H groups in total. The Hall–Kier alpha value is -4.22. The van der Waals surface area contributed by atoms with Crippen LogP contribution in [0.3, 0.4) is 0 Å². The molecule has 55 heavy (non-hydrogen) atoms. The van der Waals surface area contributed by atoms with Crippen LogP contribution in [0.2, 0.25) is 0 Å². The predicted octanol–water partition coefficient (Wildman–Crippen LogP) is 3.29. The van der Waals surface area contributed by atoms with Gasteiger partial charge >= 0.3 is 16.4 Å². The first kappa shape index (κ1) is 41.9. The molecule has 0 spiro atoms. The van der Waals surface area contributed by atoms with Crippen molar-refractivity contribution in [3.8, 4) is 11.6 Å². The number of carbonyl (C=O) groups is 4. The number of fused-ring (bicyclic) bond motifs is 1. The number of methoxy groups -OCH3 is 1. The smallest absolute Gasteiger partial charge is 0.408 e. The second kappa shape index (κ2) is 15.4. The summed E-state index contributed by atoms with van der Waals surface area (Å²) in [5.74, 6) is -1.57. The van der Waals surface area contributed by atoms with E-state index in [1.54, 1.807) is 60.9 Å². The fourth-order valence-corrected chi connectivity index (χ4v) is 8.40. The van der Waals surface area contributed by atoms with E-state index in [4.69, 9.17) is 18.4 Å². The lowest BCUT2D eigenvalue weighted by atomic mass is 9.85. The first-order valence-electron chi connectivity index (χ1n) is 18.6. The van der Waals surface area contributed by atoms with Crippen molar-refractivity contribution in [2.24, 2.45) is 11.3 Å². The van der Waals surface area contributed by atoms with E-state index in [-0.39, 0.29) is 31.2 Å². The zero-order chi connectivity index (χ0) is 40.7. The van der Waals surface area contributed by atoms with Crippen molar-refractivity contribution in [1.82, 2.24) is 30.1 Å². The van der Waals surface area contributed by atoms with Gasteiger partial charge in [-0.1, -0.05) is 34.1 Å². The number of carbonyl (C=O) groups excluding carboxylic acids is 4. The fourth-order valence-electron chi connectivity index (χ4n) is 7.25. The Bertz CT molecular complexity index is 1910. The average Bonchev–Trinajstić information content (AvgIpc) is 3.93. The Labute approximate surface area is 323 Å². The molecule has 2 saturated carbocycles. The van der Waals surface area contributed by atoms with Gasteiger partial charge in [0.25, 0.3) is 5.91 Å². The van der Waals surface area contributed by atoms with Crippen molar-refractivity contribution >= 4 is 44.9 Å². The lowest BCUT2D eigenvalue weighted by molar-refractivity contribution is -0.143. The molecule has 1 aromatic heterocycles. The molecule has 4 amide bonds. The van der Waals surface area contributed by atoms with Crippen LogP contribution in [0.4, 0.5) is 4.79 Å². The van der Waals surface area contributed by atoms with Gasteiger partial charge in [-0.15, -0.1) is 0 Å². The number of likely N-dealkylation sites (tertiary alicyclic amines) is 1. The van der Waals surface area contributed by atoms with E-state index in [2.05, 4.69) is 15.6 Å². The van der Waals surface area contributed by atoms with Crippen LogP contribution in [-0.2, 0) is 33.6 Å². The van der Waals surface area contributed by atoms with Crippen LogP contribution in [0, 0.1) is 11.3 Å². The minimum absolute atomic E-state index is 0.0111. The summed E-state index contributed by atoms with van der Waals surface area (Å²) >= 11 is 0. The van der Waals surface area contributed by atoms with Crippen molar-refractivity contribution in [3.63, 3.8) is 0 Å². The number of pyridine rings is 1. The number of ether oxygens (including phenoxy) is 3. The number of rotatable bonds is 15. The molecule has 0 bridgehead atoms. The number of benzene rings is 1. The van der Waals surface area contributed by atoms with Crippen LogP contribution in [0.15, 0.2) is 30.5 Å². The van der Waals surface area contributed by atoms with Crippen molar-refractivity contribution < 1.29 is 46.0 Å². The van der Waals surface area contributed by atoms with E-state index in [1.165, 1.54) is 4.90 Å². The third-order valence-corrected chi connectivity index (χ3v) is 11.4. The van der Waals surface area contributed by atoms with Gasteiger partial charge in [-0.3, -0.25) is 14.4 Å². The van der Waals surface area contributed by atoms with Gasteiger partial charge in [0.15, 0.2) is 0 Å². The highest BCUT2D eigenvalue weighted by atomic mass is 32.2. The van der Waals surface area contributed by atoms with E-state index in [9.17, 15) is 27.6 Å². The van der Waals surface area contributed by atoms with Crippen molar-refractivity contribution in [1.29, 1.82) is 0 Å². The highest BCUT2D eigenvalue weighted by Gasteiger charge is 2.62. The summed E-state index contributed by atoms with van der Waals surface area (Å²) in [6.45, 7) is 12.7. The van der Waals surface area contributed by atoms with Crippen LogP contribution < -0.4 is 24.8 Å². The monoisotopic (exact) mass is 788 g/mol. The largest absolute Gasteiger partial charge is 0.497 e. The Kier molecular flexibility index (Phi) is 11.7. The fraction of sp³-hybridized carbons (Fsp3) is 0.658. The van der Waals surface area contributed by atoms with E-state index >= 15 is 0 Å². The Morgan fingerprint density at radius 3 is 2.36 bits per heavy atom. The number of hydrogen-bond acceptors (Lipinski definition) is 12. The molecule has 17 heteroatoms. The van der Waals surface area contributed by atoms with Crippen molar-refractivity contribution in [2.45, 2.75) is 115 Å². The standard InChI is InChI=1S/C38H56N6O10S/c1-11-24-20-38(24,33(47)42-55(49,50)54-37(7)15-16-37)41-30(45)28-19-26(52-31-27-13-12-25(51-10)18-23(27)14-17-39-31)21-44(28)32(46)29(35(2,3)4)40-34(48)53-36(5,6)22-43(8)9/h12-14,17-18,24,26,28-29H,11,15-16,19-22H2,1-10H3,(H,40,48)(H,41,45)(H,42,47)/t24-,26-,28+,29-,38-/m1/s1. The summed E-state index contributed by atoms with van der Waals surface area (Å²) in [7, 11) is 0.813. The molecule has 2 aromatic rings. The molecule has 5 atom stereocenters. The molecule has 16 nitrogen and oxygen atoms in total. The van der Waals surface area contributed by atoms with Crippen LogP contribution >= 0.6 is 0 Å². The van der Waals surface area contributed by atoms with Gasteiger partial charge in [0.05, 0.1) is 19.3 Å². The van der Waals surface area contributed by atoms with E-state index in [0.29, 0.717) is 36.9 Å². The maximum Gasteiger partial charge on any atom is 0.408 e. The molecule has 304 valence electrons. The van der Waals surface area contributed by atoms with Gasteiger partial charge in [0.2, 0.25) is 17.7 Å². The molecule has 3 fully saturated rings. The number of amides is 4. The molecule has 0 unspecified atom stereocenters. The maximum absolute atomic E-state index is 14.6. The number of alkyl carbamates (subject to hydrolysis) is 1. The zero-order valence-electron chi connectivity index (χ0n) is 33.5. The molecule has 0 radical (unpaired) electrons. The van der Waals surface area contributed by atoms with Crippen molar-refractivity contribution in [2.75, 3.05) is 34.3 Å². The number of hydrogen-bond donors (Lipinski definition) is 3. The number of nitrogens with one attached hydrogen (secondary N) is 3. The average molecular weight is 789 g/mol. The maximum atomic E-state index is 14.6. The summed E-state index contributed by atoms with van der Waals surface area (Å²) in [5, 5.41) is 7.07. The predicted molar refractivity (Wildman–Crippen MR) is 203 cm³/mol. The number of aromatic nitrogens is 1. The van der Waals surface area contributed by atoms with E-state index in [0.717, 1.165) is 5.39 Å². The summed E-state index contributed by atoms with van der Waals surface area (Å²) in [5.41, 5.74) is -4.13. The summed E-state index contributed by atoms with van der Waals surface area (Å²) in [4.78, 5) is 63.6. The minimum atomic E-state index is -4.46. The van der Waals surface area contributed by atoms with Crippen molar-refractivity contribution in [3.05, 3.63) is 30.5 Å². The Morgan fingerprint density at radius 1 is 1.09 bits per heavy atom. The third kappa shape index (κ3) is 9.97. The lowest BCUT2D eigenvalue weighted by Crippen LogP contribution is -2.60. The molecule has 1 aromatic carbocycles. The van der Waals surface area contributed by atoms with Gasteiger partial charge in [-0.2, -0.15) is 8.42 Å². The first-order chi connectivity index (χ1) is 25.5. The number of nitrogens with zero attached hydrogens (tertiary/aromatic N) is 3. The van der Waals surface area contributed by atoms with Gasteiger partial charge < -0.3 is 34.6 Å². The normalized spacial score (nSPS) is 23.8. The SMILES string of the molecule is CC[C@@H]1C[C@]1(NC(=O)[C@@H]1C[C@@H](Oc2nccc3cc(OC)ccc23)CN1C(=O)[C@@H](NC(=O)OC(C)(C)CN(C)C)C(C)(C)C)C(=O)NS(=O)(=O)OC1(C)CC1. The molecule has 3 aliphatic rings. The van der Waals surface area contributed by atoms with Gasteiger partial charge in [-0.05, 0) is 95.1 Å². The molecule has 2 heterocycles. The molecule has 2 aliphatic carbocycles. The first-order valence-corrected chi connectivity index (χ1v) is 20.0. The second-order valence-corrected chi connectivity index (χ2v) is 18.5. The van der Waals surface area contributed by atoms with Crippen LogP contribution in [0.25, 0.3) is 10.8 Å². The molecular weight excluding hydrogens is 733 g/mol. The number of likely N-dealkylation sites (N-methyl/N-ethyl adjacent to an activating group) is 1. The lowest BCUT2D eigenvalue weighted by Gasteiger charge is -2.36. The Balaban J connectivity index is 1.43. The molecule has 5 rings (SSSR count). The highest BCUT2D eigenvalue weighted by molar-refractivity contribution is 7.85. The molecular formula is C38H56N6O10S. The zero-order valence-corrected chi connectivity index (χ0v) is 34.3. The van der Waals surface area contributed by atoms with Gasteiger partial charge in [0, 0.05) is 24.5 Å². The summed E-state index contributed by atoms with van der Waals surface area (Å²) in [6, 6.07) is 4.93. The molecule has 1 aliphatic heterocycles. The van der Waals surface area contributed by atoms with Gasteiger partial charge in [-0.25, -0.2) is 18.7 Å². The second-order valence-electron chi connectivity index (χ2n) is 17.2. The van der Waals surface area contributed by atoms with Crippen LogP contribution in [0.1, 0.15) is 80.6 Å².